The van der Waals surface area contributed by atoms with Crippen molar-refractivity contribution in [2.24, 2.45) is 15.8 Å². The molecule has 1 aromatic carbocycles. The summed E-state index contributed by atoms with van der Waals surface area (Å²) in [7, 11) is -8.44. The Bertz CT molecular complexity index is 1900. The van der Waals surface area contributed by atoms with E-state index in [-0.39, 0.29) is 39.5 Å². The molecule has 0 aliphatic carbocycles. The highest BCUT2D eigenvalue weighted by molar-refractivity contribution is 7.92. The molecule has 0 fully saturated rings. The van der Waals surface area contributed by atoms with Crippen LogP contribution >= 0.6 is 11.3 Å². The first-order valence-corrected chi connectivity index (χ1v) is 17.7. The van der Waals surface area contributed by atoms with Gasteiger partial charge < -0.3 is 9.84 Å². The summed E-state index contributed by atoms with van der Waals surface area (Å²) in [6.07, 6.45) is 1.46. The van der Waals surface area contributed by atoms with Crippen LogP contribution < -0.4 is 14.6 Å². The lowest BCUT2D eigenvalue weighted by Gasteiger charge is -2.26. The SMILES string of the molecule is CC(C)(C)CCn1nc(-c2cccs2)c(O)c(C2=Nc3ccc(N(COC(=O)C(C)(C)C)S(C)(=O)=O)cc3S(=O)(=O)N2)c1=O. The van der Waals surface area contributed by atoms with Crippen LogP contribution in [0.1, 0.15) is 53.5 Å². The Labute approximate surface area is 260 Å². The molecule has 3 heterocycles. The van der Waals surface area contributed by atoms with E-state index in [9.17, 15) is 31.5 Å². The first kappa shape index (κ1) is 33.1. The van der Waals surface area contributed by atoms with Crippen molar-refractivity contribution >= 4 is 54.6 Å². The number of benzene rings is 1. The van der Waals surface area contributed by atoms with Crippen molar-refractivity contribution in [1.82, 2.24) is 14.5 Å². The standard InChI is InChI=1S/C28H35N5O8S3/c1-27(2,3)12-13-32-25(35)21(23(34)22(30-32)19-9-8-14-42-19)24-29-18-11-10-17(15-20(18)44(39,40)31-24)33(43(7,37)38)16-41-26(36)28(4,5)6/h8-11,14-15,34H,12-13,16H2,1-7H3,(H,29,31). The normalized spacial score (nSPS) is 14.8. The van der Waals surface area contributed by atoms with Crippen LogP contribution in [0.15, 0.2) is 50.4 Å². The fourth-order valence-corrected chi connectivity index (χ4v) is 6.67. The lowest BCUT2D eigenvalue weighted by atomic mass is 9.92. The Morgan fingerprint density at radius 2 is 1.84 bits per heavy atom. The topological polar surface area (TPSA) is 177 Å². The predicted molar refractivity (Wildman–Crippen MR) is 168 cm³/mol. The van der Waals surface area contributed by atoms with E-state index in [1.165, 1.54) is 28.2 Å². The summed E-state index contributed by atoms with van der Waals surface area (Å²) in [5.41, 5.74) is -2.25. The molecule has 0 atom stereocenters. The Hall–Kier alpha value is -3.76. The quantitative estimate of drug-likeness (QED) is 0.268. The van der Waals surface area contributed by atoms with E-state index in [0.29, 0.717) is 11.3 Å². The number of esters is 1. The number of carbonyl (C=O) groups excluding carboxylic acids is 1. The zero-order valence-electron chi connectivity index (χ0n) is 25.4. The molecule has 0 amide bonds. The van der Waals surface area contributed by atoms with Crippen molar-refractivity contribution < 1.29 is 31.5 Å². The summed E-state index contributed by atoms with van der Waals surface area (Å²) in [6.45, 7) is 10.4. The van der Waals surface area contributed by atoms with E-state index < -0.39 is 55.3 Å². The molecule has 13 nitrogen and oxygen atoms in total. The third-order valence-corrected chi connectivity index (χ3v) is 9.87. The van der Waals surface area contributed by atoms with Gasteiger partial charge in [-0.3, -0.25) is 14.3 Å². The van der Waals surface area contributed by atoms with Crippen LogP contribution in [0, 0.1) is 10.8 Å². The minimum atomic E-state index is -4.43. The van der Waals surface area contributed by atoms with Gasteiger partial charge in [0.15, 0.2) is 18.3 Å². The van der Waals surface area contributed by atoms with E-state index in [2.05, 4.69) is 14.8 Å². The average Bonchev–Trinajstić information content (AvgIpc) is 3.41. The number of nitrogens with zero attached hydrogens (tertiary/aromatic N) is 4. The molecule has 1 aliphatic rings. The number of hydrogen-bond acceptors (Lipinski definition) is 11. The van der Waals surface area contributed by atoms with Gasteiger partial charge in [-0.2, -0.15) is 5.10 Å². The summed E-state index contributed by atoms with van der Waals surface area (Å²) in [5, 5.41) is 17.4. The maximum Gasteiger partial charge on any atom is 0.312 e. The van der Waals surface area contributed by atoms with Crippen LogP contribution in [-0.2, 0) is 36.1 Å². The number of thiophene rings is 1. The van der Waals surface area contributed by atoms with Crippen molar-refractivity contribution in [3.8, 4) is 16.3 Å². The summed E-state index contributed by atoms with van der Waals surface area (Å²) in [6, 6.07) is 7.12. The number of fused-ring (bicyclic) bond motifs is 1. The largest absolute Gasteiger partial charge is 0.505 e. The smallest absolute Gasteiger partial charge is 0.312 e. The number of ether oxygens (including phenoxy) is 1. The first-order valence-electron chi connectivity index (χ1n) is 13.5. The molecule has 0 unspecified atom stereocenters. The lowest BCUT2D eigenvalue weighted by Crippen LogP contribution is -2.40. The lowest BCUT2D eigenvalue weighted by molar-refractivity contribution is -0.152. The van der Waals surface area contributed by atoms with Crippen molar-refractivity contribution in [2.45, 2.75) is 59.4 Å². The Kier molecular flexibility index (Phi) is 8.76. The molecule has 0 spiro atoms. The van der Waals surface area contributed by atoms with Gasteiger partial charge in [0.25, 0.3) is 15.6 Å². The first-order chi connectivity index (χ1) is 20.2. The number of amidine groups is 1. The molecular weight excluding hydrogens is 631 g/mol. The molecule has 0 saturated heterocycles. The molecule has 0 bridgehead atoms. The highest BCUT2D eigenvalue weighted by Gasteiger charge is 2.33. The van der Waals surface area contributed by atoms with Gasteiger partial charge in [-0.05, 0) is 62.3 Å². The summed E-state index contributed by atoms with van der Waals surface area (Å²) < 4.78 is 61.6. The zero-order valence-corrected chi connectivity index (χ0v) is 27.9. The third-order valence-electron chi connectivity index (χ3n) is 6.50. The number of aromatic nitrogens is 2. The van der Waals surface area contributed by atoms with Gasteiger partial charge in [-0.1, -0.05) is 26.8 Å². The Balaban J connectivity index is 1.83. The number of sulfonamides is 2. The van der Waals surface area contributed by atoms with Crippen LogP contribution in [0.2, 0.25) is 0 Å². The van der Waals surface area contributed by atoms with Gasteiger partial charge in [0.05, 0.1) is 27.9 Å². The molecular formula is C28H35N5O8S3. The van der Waals surface area contributed by atoms with Crippen molar-refractivity contribution in [3.63, 3.8) is 0 Å². The van der Waals surface area contributed by atoms with E-state index >= 15 is 0 Å². The van der Waals surface area contributed by atoms with Crippen LogP contribution in [-0.4, -0.2) is 56.5 Å². The number of carbonyl (C=O) groups is 1. The number of hydrogen-bond donors (Lipinski definition) is 2. The molecule has 44 heavy (non-hydrogen) atoms. The minimum Gasteiger partial charge on any atom is -0.505 e. The molecule has 16 heteroatoms. The van der Waals surface area contributed by atoms with Gasteiger partial charge in [-0.15, -0.1) is 11.3 Å². The second kappa shape index (κ2) is 11.6. The molecule has 3 aromatic rings. The number of aliphatic imine (C=N–C) groups is 1. The second-order valence-corrected chi connectivity index (χ2v) is 17.0. The number of aryl methyl sites for hydroxylation is 1. The van der Waals surface area contributed by atoms with Gasteiger partial charge >= 0.3 is 5.97 Å². The molecule has 1 aliphatic heterocycles. The van der Waals surface area contributed by atoms with Gasteiger partial charge in [0.2, 0.25) is 10.0 Å². The monoisotopic (exact) mass is 665 g/mol. The van der Waals surface area contributed by atoms with E-state index in [4.69, 9.17) is 4.74 Å². The molecule has 0 saturated carbocycles. The Morgan fingerprint density at radius 1 is 1.16 bits per heavy atom. The van der Waals surface area contributed by atoms with Crippen molar-refractivity contribution in [2.75, 3.05) is 17.3 Å². The van der Waals surface area contributed by atoms with Crippen LogP contribution in [0.25, 0.3) is 10.6 Å². The van der Waals surface area contributed by atoms with E-state index in [0.717, 1.165) is 16.6 Å². The maximum absolute atomic E-state index is 13.6. The highest BCUT2D eigenvalue weighted by Crippen LogP contribution is 2.36. The van der Waals surface area contributed by atoms with Crippen molar-refractivity contribution in [1.29, 1.82) is 0 Å². The number of nitrogens with one attached hydrogen (secondary N) is 1. The number of rotatable bonds is 8. The van der Waals surface area contributed by atoms with Crippen LogP contribution in [0.3, 0.4) is 0 Å². The fraction of sp³-hybridized carbons (Fsp3) is 0.429. The summed E-state index contributed by atoms with van der Waals surface area (Å²) in [4.78, 5) is 30.4. The second-order valence-electron chi connectivity index (χ2n) is 12.5. The molecule has 2 N–H and O–H groups in total. The van der Waals surface area contributed by atoms with E-state index in [1.807, 2.05) is 20.8 Å². The fourth-order valence-electron chi connectivity index (χ4n) is 4.04. The predicted octanol–water partition coefficient (Wildman–Crippen LogP) is 3.80. The number of aromatic hydroxyl groups is 1. The third kappa shape index (κ3) is 7.13. The van der Waals surface area contributed by atoms with Gasteiger partial charge in [-0.25, -0.2) is 30.8 Å². The molecule has 0 radical (unpaired) electrons. The van der Waals surface area contributed by atoms with Gasteiger partial charge in [0, 0.05) is 6.54 Å². The molecule has 238 valence electrons. The van der Waals surface area contributed by atoms with E-state index in [1.54, 1.807) is 38.3 Å². The van der Waals surface area contributed by atoms with Crippen molar-refractivity contribution in [3.05, 3.63) is 51.6 Å². The number of anilines is 1. The van der Waals surface area contributed by atoms with Gasteiger partial charge in [0.1, 0.15) is 16.2 Å². The highest BCUT2D eigenvalue weighted by atomic mass is 32.2. The van der Waals surface area contributed by atoms with Crippen LogP contribution in [0.5, 0.6) is 5.75 Å². The maximum atomic E-state index is 13.6. The zero-order chi connectivity index (χ0) is 32.8. The summed E-state index contributed by atoms with van der Waals surface area (Å²) >= 11 is 1.28. The molecule has 2 aromatic heterocycles. The Morgan fingerprint density at radius 3 is 2.41 bits per heavy atom. The summed E-state index contributed by atoms with van der Waals surface area (Å²) in [5.74, 6) is -1.59. The molecule has 4 rings (SSSR count). The average molecular weight is 666 g/mol. The van der Waals surface area contributed by atoms with Crippen LogP contribution in [0.4, 0.5) is 11.4 Å². The minimum absolute atomic E-state index is 0.0896.